The van der Waals surface area contributed by atoms with Crippen LogP contribution < -0.4 is 10.6 Å². The number of nitrogens with one attached hydrogen (secondary N) is 2. The maximum atomic E-state index is 12.3. The summed E-state index contributed by atoms with van der Waals surface area (Å²) in [6, 6.07) is 3.37. The topological polar surface area (TPSA) is 76.0 Å². The van der Waals surface area contributed by atoms with E-state index in [-0.39, 0.29) is 23.9 Å². The first-order valence-corrected chi connectivity index (χ1v) is 7.70. The smallest absolute Gasteiger partial charge is 0.269 e. The van der Waals surface area contributed by atoms with Gasteiger partial charge in [0.25, 0.3) is 5.91 Å². The normalized spacial score (nSPS) is 21.9. The molecule has 0 unspecified atom stereocenters. The Balaban J connectivity index is 1.78. The van der Waals surface area contributed by atoms with Gasteiger partial charge in [-0.15, -0.1) is 0 Å². The maximum absolute atomic E-state index is 12.3. The van der Waals surface area contributed by atoms with Crippen molar-refractivity contribution in [1.82, 2.24) is 20.4 Å². The third-order valence-electron chi connectivity index (χ3n) is 3.67. The fourth-order valence-corrected chi connectivity index (χ4v) is 3.26. The van der Waals surface area contributed by atoms with Gasteiger partial charge in [0.15, 0.2) is 0 Å². The lowest BCUT2D eigenvalue weighted by Crippen LogP contribution is -2.50. The van der Waals surface area contributed by atoms with Gasteiger partial charge in [-0.2, -0.15) is 16.4 Å². The number of hydrogen-bond donors (Lipinski definition) is 2. The molecule has 3 heterocycles. The van der Waals surface area contributed by atoms with Crippen LogP contribution in [0.3, 0.4) is 0 Å². The number of nitrogens with zero attached hydrogens (tertiary/aromatic N) is 2. The lowest BCUT2D eigenvalue weighted by atomic mass is 9.93. The summed E-state index contributed by atoms with van der Waals surface area (Å²) < 4.78 is 1.54. The SMILES string of the molecule is Cn1nccc1C(=O)N[C@@H]1CCC(=O)N[C@H]1c1ccsc1. The summed E-state index contributed by atoms with van der Waals surface area (Å²) in [5.41, 5.74) is 1.54. The van der Waals surface area contributed by atoms with Crippen molar-refractivity contribution in [2.75, 3.05) is 0 Å². The molecule has 2 aromatic heterocycles. The van der Waals surface area contributed by atoms with E-state index in [4.69, 9.17) is 0 Å². The van der Waals surface area contributed by atoms with Gasteiger partial charge in [-0.05, 0) is 34.9 Å². The van der Waals surface area contributed by atoms with Crippen molar-refractivity contribution >= 4 is 23.2 Å². The molecule has 1 aliphatic heterocycles. The Morgan fingerprint density at radius 3 is 3.05 bits per heavy atom. The zero-order valence-electron chi connectivity index (χ0n) is 11.6. The van der Waals surface area contributed by atoms with Crippen LogP contribution in [0.25, 0.3) is 0 Å². The van der Waals surface area contributed by atoms with E-state index in [1.165, 1.54) is 4.68 Å². The molecular weight excluding hydrogens is 288 g/mol. The number of aromatic nitrogens is 2. The van der Waals surface area contributed by atoms with Crippen LogP contribution in [0.4, 0.5) is 0 Å². The van der Waals surface area contributed by atoms with Crippen LogP contribution in [0, 0.1) is 0 Å². The Morgan fingerprint density at radius 2 is 2.38 bits per heavy atom. The second-order valence-electron chi connectivity index (χ2n) is 5.06. The third-order valence-corrected chi connectivity index (χ3v) is 4.38. The number of amides is 2. The predicted molar refractivity (Wildman–Crippen MR) is 78.9 cm³/mol. The highest BCUT2D eigenvalue weighted by Crippen LogP contribution is 2.26. The molecule has 21 heavy (non-hydrogen) atoms. The Hall–Kier alpha value is -2.15. The van der Waals surface area contributed by atoms with Crippen LogP contribution in [0.1, 0.15) is 34.9 Å². The number of carbonyl (C=O) groups excluding carboxylic acids is 2. The van der Waals surface area contributed by atoms with Crippen LogP contribution in [0.2, 0.25) is 0 Å². The molecule has 6 nitrogen and oxygen atoms in total. The molecule has 0 aromatic carbocycles. The van der Waals surface area contributed by atoms with Gasteiger partial charge in [0.2, 0.25) is 5.91 Å². The van der Waals surface area contributed by atoms with Crippen molar-refractivity contribution in [2.24, 2.45) is 7.05 Å². The zero-order valence-corrected chi connectivity index (χ0v) is 12.4. The molecule has 1 saturated heterocycles. The Labute approximate surface area is 126 Å². The minimum Gasteiger partial charge on any atom is -0.347 e. The molecule has 0 saturated carbocycles. The Bertz CT molecular complexity index is 650. The number of piperidine rings is 1. The van der Waals surface area contributed by atoms with E-state index >= 15 is 0 Å². The number of hydrogen-bond acceptors (Lipinski definition) is 4. The summed E-state index contributed by atoms with van der Waals surface area (Å²) in [7, 11) is 1.73. The van der Waals surface area contributed by atoms with E-state index in [1.807, 2.05) is 16.8 Å². The molecule has 2 atom stereocenters. The second-order valence-corrected chi connectivity index (χ2v) is 5.84. The average molecular weight is 304 g/mol. The number of thiophene rings is 1. The summed E-state index contributed by atoms with van der Waals surface area (Å²) in [5.74, 6) is -0.145. The quantitative estimate of drug-likeness (QED) is 0.895. The van der Waals surface area contributed by atoms with Gasteiger partial charge in [0.1, 0.15) is 5.69 Å². The van der Waals surface area contributed by atoms with Gasteiger partial charge in [-0.1, -0.05) is 0 Å². The molecule has 0 bridgehead atoms. The minimum atomic E-state index is -0.172. The van der Waals surface area contributed by atoms with Crippen LogP contribution in [-0.4, -0.2) is 27.6 Å². The molecule has 2 N–H and O–H groups in total. The molecule has 1 aliphatic rings. The van der Waals surface area contributed by atoms with Crippen LogP contribution >= 0.6 is 11.3 Å². The molecular formula is C14H16N4O2S. The van der Waals surface area contributed by atoms with E-state index in [0.717, 1.165) is 5.56 Å². The minimum absolute atomic E-state index is 0.0252. The van der Waals surface area contributed by atoms with Crippen molar-refractivity contribution in [2.45, 2.75) is 24.9 Å². The van der Waals surface area contributed by atoms with Gasteiger partial charge in [0, 0.05) is 19.7 Å². The van der Waals surface area contributed by atoms with Crippen molar-refractivity contribution in [1.29, 1.82) is 0 Å². The summed E-state index contributed by atoms with van der Waals surface area (Å²) in [5, 5.41) is 13.9. The van der Waals surface area contributed by atoms with E-state index in [0.29, 0.717) is 18.5 Å². The predicted octanol–water partition coefficient (Wildman–Crippen LogP) is 1.23. The first-order chi connectivity index (χ1) is 10.1. The first-order valence-electron chi connectivity index (χ1n) is 6.75. The highest BCUT2D eigenvalue weighted by Gasteiger charge is 2.31. The molecule has 2 aromatic rings. The monoisotopic (exact) mass is 304 g/mol. The molecule has 2 amide bonds. The van der Waals surface area contributed by atoms with Gasteiger partial charge in [0.05, 0.1) is 12.1 Å². The number of rotatable bonds is 3. The van der Waals surface area contributed by atoms with E-state index in [9.17, 15) is 9.59 Å². The summed E-state index contributed by atoms with van der Waals surface area (Å²) in [6.07, 6.45) is 2.65. The van der Waals surface area contributed by atoms with Gasteiger partial charge >= 0.3 is 0 Å². The van der Waals surface area contributed by atoms with Crippen molar-refractivity contribution in [3.05, 3.63) is 40.3 Å². The largest absolute Gasteiger partial charge is 0.347 e. The average Bonchev–Trinajstić information content (AvgIpc) is 3.11. The van der Waals surface area contributed by atoms with E-state index in [2.05, 4.69) is 15.7 Å². The summed E-state index contributed by atoms with van der Waals surface area (Å²) >= 11 is 1.58. The standard InChI is InChI=1S/C14H16N4O2S/c1-18-11(4-6-15-18)14(20)16-10-2-3-12(19)17-13(10)9-5-7-21-8-9/h4-8,10,13H,2-3H2,1H3,(H,16,20)(H,17,19)/t10-,13+/m1/s1. The second kappa shape index (κ2) is 5.69. The van der Waals surface area contributed by atoms with Crippen molar-refractivity contribution < 1.29 is 9.59 Å². The third kappa shape index (κ3) is 2.82. The van der Waals surface area contributed by atoms with Crippen LogP contribution in [-0.2, 0) is 11.8 Å². The molecule has 1 fully saturated rings. The summed E-state index contributed by atoms with van der Waals surface area (Å²) in [6.45, 7) is 0. The number of carbonyl (C=O) groups is 2. The van der Waals surface area contributed by atoms with E-state index < -0.39 is 0 Å². The van der Waals surface area contributed by atoms with Crippen LogP contribution in [0.5, 0.6) is 0 Å². The molecule has 7 heteroatoms. The van der Waals surface area contributed by atoms with Gasteiger partial charge in [-0.3, -0.25) is 14.3 Å². The number of aryl methyl sites for hydroxylation is 1. The molecule has 0 aliphatic carbocycles. The van der Waals surface area contributed by atoms with Crippen molar-refractivity contribution in [3.8, 4) is 0 Å². The molecule has 110 valence electrons. The Morgan fingerprint density at radius 1 is 1.52 bits per heavy atom. The zero-order chi connectivity index (χ0) is 14.8. The molecule has 0 radical (unpaired) electrons. The lowest BCUT2D eigenvalue weighted by molar-refractivity contribution is -0.123. The van der Waals surface area contributed by atoms with Gasteiger partial charge in [-0.25, -0.2) is 0 Å². The highest BCUT2D eigenvalue weighted by molar-refractivity contribution is 7.08. The summed E-state index contributed by atoms with van der Waals surface area (Å²) in [4.78, 5) is 24.0. The fourth-order valence-electron chi connectivity index (χ4n) is 2.56. The lowest BCUT2D eigenvalue weighted by Gasteiger charge is -2.32. The van der Waals surface area contributed by atoms with E-state index in [1.54, 1.807) is 30.6 Å². The first kappa shape index (κ1) is 13.8. The highest BCUT2D eigenvalue weighted by atomic mass is 32.1. The molecule has 0 spiro atoms. The maximum Gasteiger partial charge on any atom is 0.269 e. The molecule has 3 rings (SSSR count). The van der Waals surface area contributed by atoms with Crippen LogP contribution in [0.15, 0.2) is 29.1 Å². The fraction of sp³-hybridized carbons (Fsp3) is 0.357. The Kier molecular flexibility index (Phi) is 3.74. The van der Waals surface area contributed by atoms with Crippen molar-refractivity contribution in [3.63, 3.8) is 0 Å². The van der Waals surface area contributed by atoms with Gasteiger partial charge < -0.3 is 10.6 Å².